The highest BCUT2D eigenvalue weighted by Crippen LogP contribution is 2.26. The van der Waals surface area contributed by atoms with E-state index in [0.29, 0.717) is 17.3 Å². The standard InChI is InChI=1S/C14H16N2O3/c1-8-7-9(5-6-10(8)12(17)18)11-15-16-13(19-11)14(2,3)4/h5-7H,1-4H3,(H,17,18). The van der Waals surface area contributed by atoms with Crippen LogP contribution in [0.4, 0.5) is 0 Å². The molecular weight excluding hydrogens is 244 g/mol. The van der Waals surface area contributed by atoms with Crippen molar-refractivity contribution in [2.75, 3.05) is 0 Å². The first-order chi connectivity index (χ1) is 8.79. The number of rotatable bonds is 2. The Morgan fingerprint density at radius 2 is 1.95 bits per heavy atom. The molecule has 19 heavy (non-hydrogen) atoms. The van der Waals surface area contributed by atoms with Crippen LogP contribution in [0.15, 0.2) is 22.6 Å². The van der Waals surface area contributed by atoms with E-state index in [1.807, 2.05) is 20.8 Å². The van der Waals surface area contributed by atoms with Crippen LogP contribution >= 0.6 is 0 Å². The van der Waals surface area contributed by atoms with Crippen molar-refractivity contribution in [3.05, 3.63) is 35.2 Å². The summed E-state index contributed by atoms with van der Waals surface area (Å²) < 4.78 is 5.62. The average molecular weight is 260 g/mol. The molecule has 1 aromatic carbocycles. The molecule has 0 aliphatic rings. The van der Waals surface area contributed by atoms with E-state index in [2.05, 4.69) is 10.2 Å². The van der Waals surface area contributed by atoms with Crippen LogP contribution < -0.4 is 0 Å². The van der Waals surface area contributed by atoms with Crippen LogP contribution in [0.25, 0.3) is 11.5 Å². The van der Waals surface area contributed by atoms with Crippen molar-refractivity contribution in [1.29, 1.82) is 0 Å². The molecule has 0 radical (unpaired) electrons. The number of aromatic carboxylic acids is 1. The molecule has 0 fully saturated rings. The largest absolute Gasteiger partial charge is 0.478 e. The summed E-state index contributed by atoms with van der Waals surface area (Å²) in [4.78, 5) is 11.0. The number of carbonyl (C=O) groups is 1. The topological polar surface area (TPSA) is 76.2 Å². The quantitative estimate of drug-likeness (QED) is 0.898. The molecule has 0 unspecified atom stereocenters. The average Bonchev–Trinajstić information content (AvgIpc) is 2.76. The number of aryl methyl sites for hydroxylation is 1. The Morgan fingerprint density at radius 1 is 1.26 bits per heavy atom. The molecule has 1 heterocycles. The summed E-state index contributed by atoms with van der Waals surface area (Å²) in [5, 5.41) is 17.0. The first kappa shape index (κ1) is 13.3. The molecular formula is C14H16N2O3. The number of carboxylic acid groups (broad SMARTS) is 1. The predicted molar refractivity (Wildman–Crippen MR) is 70.1 cm³/mol. The van der Waals surface area contributed by atoms with Gasteiger partial charge in [-0.15, -0.1) is 10.2 Å². The zero-order valence-corrected chi connectivity index (χ0v) is 11.4. The van der Waals surface area contributed by atoms with E-state index in [4.69, 9.17) is 9.52 Å². The molecule has 0 bridgehead atoms. The van der Waals surface area contributed by atoms with Crippen LogP contribution in [0.5, 0.6) is 0 Å². The Morgan fingerprint density at radius 3 is 2.42 bits per heavy atom. The Balaban J connectivity index is 2.40. The van der Waals surface area contributed by atoms with E-state index in [1.54, 1.807) is 25.1 Å². The van der Waals surface area contributed by atoms with Crippen LogP contribution in [-0.2, 0) is 5.41 Å². The van der Waals surface area contributed by atoms with E-state index in [9.17, 15) is 4.79 Å². The smallest absolute Gasteiger partial charge is 0.335 e. The minimum atomic E-state index is -0.940. The molecule has 0 atom stereocenters. The molecule has 2 rings (SSSR count). The van der Waals surface area contributed by atoms with Crippen molar-refractivity contribution >= 4 is 5.97 Å². The Bertz CT molecular complexity index is 624. The summed E-state index contributed by atoms with van der Waals surface area (Å²) >= 11 is 0. The van der Waals surface area contributed by atoms with Gasteiger partial charge in [0.1, 0.15) is 0 Å². The second-order valence-corrected chi connectivity index (χ2v) is 5.50. The van der Waals surface area contributed by atoms with Gasteiger partial charge in [0.05, 0.1) is 5.56 Å². The Kier molecular flexibility index (Phi) is 3.14. The first-order valence-electron chi connectivity index (χ1n) is 5.97. The van der Waals surface area contributed by atoms with Crippen LogP contribution in [0.1, 0.15) is 42.6 Å². The summed E-state index contributed by atoms with van der Waals surface area (Å²) in [6.07, 6.45) is 0. The first-order valence-corrected chi connectivity index (χ1v) is 5.97. The van der Waals surface area contributed by atoms with Gasteiger partial charge in [0.2, 0.25) is 11.8 Å². The number of nitrogens with zero attached hydrogens (tertiary/aromatic N) is 2. The molecule has 1 aromatic heterocycles. The van der Waals surface area contributed by atoms with Gasteiger partial charge in [-0.05, 0) is 30.7 Å². The second-order valence-electron chi connectivity index (χ2n) is 5.50. The minimum absolute atomic E-state index is 0.207. The van der Waals surface area contributed by atoms with Crippen LogP contribution in [-0.4, -0.2) is 21.3 Å². The molecule has 0 saturated carbocycles. The lowest BCUT2D eigenvalue weighted by Crippen LogP contribution is -2.11. The number of aromatic nitrogens is 2. The molecule has 1 N–H and O–H groups in total. The normalized spacial score (nSPS) is 11.6. The fourth-order valence-corrected chi connectivity index (χ4v) is 1.68. The van der Waals surface area contributed by atoms with Crippen molar-refractivity contribution in [2.24, 2.45) is 0 Å². The summed E-state index contributed by atoms with van der Waals surface area (Å²) in [6, 6.07) is 4.97. The van der Waals surface area contributed by atoms with Crippen LogP contribution in [0.3, 0.4) is 0 Å². The molecule has 5 heteroatoms. The van der Waals surface area contributed by atoms with Gasteiger partial charge in [0, 0.05) is 11.0 Å². The highest BCUT2D eigenvalue weighted by molar-refractivity contribution is 5.90. The van der Waals surface area contributed by atoms with Gasteiger partial charge < -0.3 is 9.52 Å². The number of hydrogen-bond donors (Lipinski definition) is 1. The lowest BCUT2D eigenvalue weighted by atomic mass is 9.97. The predicted octanol–water partition coefficient (Wildman–Crippen LogP) is 3.04. The van der Waals surface area contributed by atoms with Crippen LogP contribution in [0, 0.1) is 6.92 Å². The molecule has 2 aromatic rings. The van der Waals surface area contributed by atoms with Crippen LogP contribution in [0.2, 0.25) is 0 Å². The van der Waals surface area contributed by atoms with Crippen molar-refractivity contribution in [1.82, 2.24) is 10.2 Å². The van der Waals surface area contributed by atoms with Gasteiger partial charge in [-0.2, -0.15) is 0 Å². The molecule has 0 spiro atoms. The third kappa shape index (κ3) is 2.65. The monoisotopic (exact) mass is 260 g/mol. The van der Waals surface area contributed by atoms with Gasteiger partial charge in [-0.25, -0.2) is 4.79 Å². The zero-order valence-electron chi connectivity index (χ0n) is 11.4. The molecule has 5 nitrogen and oxygen atoms in total. The minimum Gasteiger partial charge on any atom is -0.478 e. The van der Waals surface area contributed by atoms with E-state index < -0.39 is 5.97 Å². The third-order valence-corrected chi connectivity index (χ3v) is 2.77. The summed E-state index contributed by atoms with van der Waals surface area (Å²) in [6.45, 7) is 7.71. The van der Waals surface area contributed by atoms with Crippen molar-refractivity contribution < 1.29 is 14.3 Å². The Labute approximate surface area is 111 Å². The number of benzene rings is 1. The zero-order chi connectivity index (χ0) is 14.2. The van der Waals surface area contributed by atoms with Gasteiger partial charge in [0.15, 0.2) is 0 Å². The van der Waals surface area contributed by atoms with Gasteiger partial charge in [-0.1, -0.05) is 20.8 Å². The fraction of sp³-hybridized carbons (Fsp3) is 0.357. The number of carboxylic acids is 1. The lowest BCUT2D eigenvalue weighted by Gasteiger charge is -2.11. The molecule has 0 aliphatic heterocycles. The summed E-state index contributed by atoms with van der Waals surface area (Å²) in [5.41, 5.74) is 1.46. The maximum absolute atomic E-state index is 11.0. The van der Waals surface area contributed by atoms with E-state index in [0.717, 1.165) is 5.56 Å². The second kappa shape index (κ2) is 4.50. The highest BCUT2D eigenvalue weighted by atomic mass is 16.4. The summed E-state index contributed by atoms with van der Waals surface area (Å²) in [5.74, 6) is 0.0254. The van der Waals surface area contributed by atoms with Crippen molar-refractivity contribution in [3.63, 3.8) is 0 Å². The SMILES string of the molecule is Cc1cc(-c2nnc(C(C)(C)C)o2)ccc1C(=O)O. The molecule has 0 amide bonds. The summed E-state index contributed by atoms with van der Waals surface area (Å²) in [7, 11) is 0. The Hall–Kier alpha value is -2.17. The van der Waals surface area contributed by atoms with E-state index >= 15 is 0 Å². The van der Waals surface area contributed by atoms with E-state index in [1.165, 1.54) is 0 Å². The third-order valence-electron chi connectivity index (χ3n) is 2.77. The maximum atomic E-state index is 11.0. The molecule has 0 aliphatic carbocycles. The molecule has 100 valence electrons. The van der Waals surface area contributed by atoms with Gasteiger partial charge in [-0.3, -0.25) is 0 Å². The fourth-order valence-electron chi connectivity index (χ4n) is 1.68. The van der Waals surface area contributed by atoms with Gasteiger partial charge >= 0.3 is 5.97 Å². The maximum Gasteiger partial charge on any atom is 0.335 e. The molecule has 0 saturated heterocycles. The van der Waals surface area contributed by atoms with Crippen molar-refractivity contribution in [3.8, 4) is 11.5 Å². The lowest BCUT2D eigenvalue weighted by molar-refractivity contribution is 0.0696. The van der Waals surface area contributed by atoms with Crippen molar-refractivity contribution in [2.45, 2.75) is 33.1 Å². The van der Waals surface area contributed by atoms with E-state index in [-0.39, 0.29) is 11.0 Å². The number of hydrogen-bond acceptors (Lipinski definition) is 4. The van der Waals surface area contributed by atoms with Gasteiger partial charge in [0.25, 0.3) is 0 Å². The highest BCUT2D eigenvalue weighted by Gasteiger charge is 2.22.